The van der Waals surface area contributed by atoms with Crippen molar-refractivity contribution in [3.8, 4) is 0 Å². The van der Waals surface area contributed by atoms with Crippen LogP contribution in [0.1, 0.15) is 25.3 Å². The van der Waals surface area contributed by atoms with Crippen LogP contribution in [0.15, 0.2) is 47.4 Å². The van der Waals surface area contributed by atoms with E-state index in [0.29, 0.717) is 19.2 Å². The Hall–Kier alpha value is -2.36. The van der Waals surface area contributed by atoms with Gasteiger partial charge in [-0.1, -0.05) is 32.0 Å². The summed E-state index contributed by atoms with van der Waals surface area (Å²) in [5.74, 6) is -2.19. The number of carbonyl (C=O) groups excluding carboxylic acids is 1. The SMILES string of the molecule is CC(C)c1ccccc1NC(=O)CN1CCN(S(=O)(=O)c2ccc(F)c(F)c2)CC1. The summed E-state index contributed by atoms with van der Waals surface area (Å²) in [6, 6.07) is 10.2. The first-order valence-electron chi connectivity index (χ1n) is 9.75. The first-order chi connectivity index (χ1) is 14.2. The summed E-state index contributed by atoms with van der Waals surface area (Å²) in [5.41, 5.74) is 1.82. The molecule has 1 aliphatic rings. The maximum atomic E-state index is 13.4. The standard InChI is InChI=1S/C21H25F2N3O3S/c1-15(2)17-5-3-4-6-20(17)24-21(27)14-25-9-11-26(12-10-25)30(28,29)16-7-8-18(22)19(23)13-16/h3-8,13,15H,9-12,14H2,1-2H3,(H,24,27). The molecule has 0 bridgehead atoms. The van der Waals surface area contributed by atoms with Crippen LogP contribution in [0.25, 0.3) is 0 Å². The number of rotatable bonds is 6. The molecule has 0 saturated carbocycles. The van der Waals surface area contributed by atoms with Crippen LogP contribution in [0.2, 0.25) is 0 Å². The van der Waals surface area contributed by atoms with Gasteiger partial charge in [-0.2, -0.15) is 4.31 Å². The van der Waals surface area contributed by atoms with Gasteiger partial charge in [0.25, 0.3) is 0 Å². The van der Waals surface area contributed by atoms with Crippen molar-refractivity contribution < 1.29 is 22.0 Å². The monoisotopic (exact) mass is 437 g/mol. The Labute approximate surface area is 175 Å². The van der Waals surface area contributed by atoms with Crippen molar-refractivity contribution in [3.63, 3.8) is 0 Å². The van der Waals surface area contributed by atoms with Gasteiger partial charge in [-0.05, 0) is 35.7 Å². The number of sulfonamides is 1. The van der Waals surface area contributed by atoms with E-state index in [1.54, 1.807) is 0 Å². The molecule has 1 amide bonds. The maximum Gasteiger partial charge on any atom is 0.243 e. The largest absolute Gasteiger partial charge is 0.325 e. The fourth-order valence-electron chi connectivity index (χ4n) is 3.42. The van der Waals surface area contributed by atoms with Gasteiger partial charge in [-0.25, -0.2) is 17.2 Å². The van der Waals surface area contributed by atoms with Crippen LogP contribution in [0.5, 0.6) is 0 Å². The quantitative estimate of drug-likeness (QED) is 0.754. The van der Waals surface area contributed by atoms with Crippen molar-refractivity contribution in [2.24, 2.45) is 0 Å². The lowest BCUT2D eigenvalue weighted by Crippen LogP contribution is -2.50. The highest BCUT2D eigenvalue weighted by atomic mass is 32.2. The zero-order chi connectivity index (χ0) is 21.9. The van der Waals surface area contributed by atoms with Gasteiger partial charge >= 0.3 is 0 Å². The molecule has 0 radical (unpaired) electrons. The lowest BCUT2D eigenvalue weighted by atomic mass is 10.0. The molecule has 1 fully saturated rings. The molecule has 0 unspecified atom stereocenters. The van der Waals surface area contributed by atoms with E-state index < -0.39 is 21.7 Å². The predicted molar refractivity (Wildman–Crippen MR) is 111 cm³/mol. The van der Waals surface area contributed by atoms with E-state index in [1.807, 2.05) is 29.2 Å². The molecule has 0 atom stereocenters. The zero-order valence-corrected chi connectivity index (χ0v) is 17.8. The Morgan fingerprint density at radius 2 is 1.70 bits per heavy atom. The molecular weight excluding hydrogens is 412 g/mol. The van der Waals surface area contributed by atoms with Crippen LogP contribution in [-0.2, 0) is 14.8 Å². The van der Waals surface area contributed by atoms with Crippen LogP contribution < -0.4 is 5.32 Å². The van der Waals surface area contributed by atoms with Crippen molar-refractivity contribution in [3.05, 3.63) is 59.7 Å². The van der Waals surface area contributed by atoms with E-state index in [0.717, 1.165) is 23.4 Å². The molecule has 2 aromatic rings. The Balaban J connectivity index is 1.58. The third-order valence-electron chi connectivity index (χ3n) is 5.08. The maximum absolute atomic E-state index is 13.4. The van der Waals surface area contributed by atoms with Gasteiger partial charge in [-0.15, -0.1) is 0 Å². The molecule has 6 nitrogen and oxygen atoms in total. The Bertz CT molecular complexity index is 1020. The lowest BCUT2D eigenvalue weighted by Gasteiger charge is -2.33. The van der Waals surface area contributed by atoms with E-state index in [9.17, 15) is 22.0 Å². The van der Waals surface area contributed by atoms with Crippen LogP contribution in [-0.4, -0.2) is 56.3 Å². The molecule has 2 aromatic carbocycles. The highest BCUT2D eigenvalue weighted by Crippen LogP contribution is 2.24. The fraction of sp³-hybridized carbons (Fsp3) is 0.381. The molecule has 3 rings (SSSR count). The number of hydrogen-bond acceptors (Lipinski definition) is 4. The Morgan fingerprint density at radius 3 is 2.33 bits per heavy atom. The molecule has 1 heterocycles. The minimum Gasteiger partial charge on any atom is -0.325 e. The fourth-order valence-corrected chi connectivity index (χ4v) is 4.86. The van der Waals surface area contributed by atoms with Gasteiger partial charge in [0.1, 0.15) is 0 Å². The number of hydrogen-bond donors (Lipinski definition) is 1. The Kier molecular flexibility index (Phi) is 6.84. The molecular formula is C21H25F2N3O3S. The molecule has 0 aromatic heterocycles. The van der Waals surface area contributed by atoms with Crippen molar-refractivity contribution in [1.29, 1.82) is 0 Å². The number of nitrogens with one attached hydrogen (secondary N) is 1. The molecule has 1 saturated heterocycles. The summed E-state index contributed by atoms with van der Waals surface area (Å²) in [5, 5.41) is 2.93. The van der Waals surface area contributed by atoms with Crippen LogP contribution in [0.4, 0.5) is 14.5 Å². The van der Waals surface area contributed by atoms with Gasteiger partial charge in [0.05, 0.1) is 11.4 Å². The molecule has 0 aliphatic carbocycles. The van der Waals surface area contributed by atoms with Crippen molar-refractivity contribution in [2.45, 2.75) is 24.7 Å². The predicted octanol–water partition coefficient (Wildman–Crippen LogP) is 3.03. The number of para-hydroxylation sites is 1. The first kappa shape index (κ1) is 22.3. The molecule has 30 heavy (non-hydrogen) atoms. The van der Waals surface area contributed by atoms with E-state index in [1.165, 1.54) is 4.31 Å². The number of piperazine rings is 1. The third-order valence-corrected chi connectivity index (χ3v) is 6.98. The second kappa shape index (κ2) is 9.20. The number of benzene rings is 2. The van der Waals surface area contributed by atoms with Crippen LogP contribution in [0.3, 0.4) is 0 Å². The van der Waals surface area contributed by atoms with Gasteiger partial charge in [0.15, 0.2) is 11.6 Å². The highest BCUT2D eigenvalue weighted by molar-refractivity contribution is 7.89. The summed E-state index contributed by atoms with van der Waals surface area (Å²) >= 11 is 0. The van der Waals surface area contributed by atoms with Crippen molar-refractivity contribution >= 4 is 21.6 Å². The minimum absolute atomic E-state index is 0.144. The number of carbonyl (C=O) groups is 1. The third kappa shape index (κ3) is 5.03. The van der Waals surface area contributed by atoms with E-state index >= 15 is 0 Å². The van der Waals surface area contributed by atoms with Gasteiger partial charge in [0.2, 0.25) is 15.9 Å². The number of halogens is 2. The summed E-state index contributed by atoms with van der Waals surface area (Å²) in [4.78, 5) is 14.0. The topological polar surface area (TPSA) is 69.7 Å². The van der Waals surface area contributed by atoms with Crippen molar-refractivity contribution in [1.82, 2.24) is 9.21 Å². The van der Waals surface area contributed by atoms with E-state index in [2.05, 4.69) is 19.2 Å². The molecule has 1 aliphatic heterocycles. The number of anilines is 1. The summed E-state index contributed by atoms with van der Waals surface area (Å²) in [6.45, 7) is 5.31. The second-order valence-electron chi connectivity index (χ2n) is 7.55. The highest BCUT2D eigenvalue weighted by Gasteiger charge is 2.29. The average molecular weight is 438 g/mol. The molecule has 0 spiro atoms. The summed E-state index contributed by atoms with van der Waals surface area (Å²) in [7, 11) is -3.92. The van der Waals surface area contributed by atoms with Crippen LogP contribution >= 0.6 is 0 Å². The zero-order valence-electron chi connectivity index (χ0n) is 16.9. The van der Waals surface area contributed by atoms with E-state index in [-0.39, 0.29) is 36.4 Å². The van der Waals surface area contributed by atoms with Gasteiger partial charge < -0.3 is 5.32 Å². The summed E-state index contributed by atoms with van der Waals surface area (Å²) in [6.07, 6.45) is 0. The normalized spacial score (nSPS) is 16.0. The van der Waals surface area contributed by atoms with E-state index in [4.69, 9.17) is 0 Å². The van der Waals surface area contributed by atoms with Crippen LogP contribution in [0, 0.1) is 11.6 Å². The first-order valence-corrected chi connectivity index (χ1v) is 11.2. The number of amides is 1. The minimum atomic E-state index is -3.92. The van der Waals surface area contributed by atoms with Gasteiger partial charge in [-0.3, -0.25) is 9.69 Å². The molecule has 1 N–H and O–H groups in total. The lowest BCUT2D eigenvalue weighted by molar-refractivity contribution is -0.117. The average Bonchev–Trinajstić information content (AvgIpc) is 2.70. The number of nitrogens with zero attached hydrogens (tertiary/aromatic N) is 2. The Morgan fingerprint density at radius 1 is 1.03 bits per heavy atom. The summed E-state index contributed by atoms with van der Waals surface area (Å²) < 4.78 is 53.1. The van der Waals surface area contributed by atoms with Crippen molar-refractivity contribution in [2.75, 3.05) is 38.0 Å². The molecule has 9 heteroatoms. The smallest absolute Gasteiger partial charge is 0.243 e. The van der Waals surface area contributed by atoms with Gasteiger partial charge in [0, 0.05) is 31.9 Å². The second-order valence-corrected chi connectivity index (χ2v) is 9.48. The molecule has 162 valence electrons.